The summed E-state index contributed by atoms with van der Waals surface area (Å²) < 4.78 is 0. The van der Waals surface area contributed by atoms with Crippen molar-refractivity contribution in [2.45, 2.75) is 52.5 Å². The second-order valence-electron chi connectivity index (χ2n) is 5.26. The number of likely N-dealkylation sites (tertiary alicyclic amines) is 1. The van der Waals surface area contributed by atoms with E-state index in [0.717, 1.165) is 19.3 Å². The summed E-state index contributed by atoms with van der Waals surface area (Å²) in [6.45, 7) is 8.29. The molecule has 3 nitrogen and oxygen atoms in total. The van der Waals surface area contributed by atoms with E-state index in [1.807, 2.05) is 20.8 Å². The number of ketones is 1. The first-order chi connectivity index (χ1) is 6.88. The Morgan fingerprint density at radius 1 is 1.33 bits per heavy atom. The predicted octanol–water partition coefficient (Wildman–Crippen LogP) is 2.00. The predicted molar refractivity (Wildman–Crippen MR) is 59.5 cm³/mol. The standard InChI is InChI=1S/C12H21NO2/c1-5-6-7-9-10(14)8-13(11(9)15)12(2,3)4/h9H,5-8H2,1-4H3. The first-order valence-corrected chi connectivity index (χ1v) is 5.72. The Kier molecular flexibility index (Phi) is 3.53. The molecule has 0 aliphatic carbocycles. The Balaban J connectivity index is 2.71. The molecule has 15 heavy (non-hydrogen) atoms. The van der Waals surface area contributed by atoms with Crippen molar-refractivity contribution in [2.24, 2.45) is 5.92 Å². The molecule has 0 spiro atoms. The number of rotatable bonds is 3. The zero-order valence-corrected chi connectivity index (χ0v) is 10.2. The van der Waals surface area contributed by atoms with Crippen molar-refractivity contribution in [2.75, 3.05) is 6.54 Å². The first-order valence-electron chi connectivity index (χ1n) is 5.72. The third-order valence-electron chi connectivity index (χ3n) is 2.92. The minimum Gasteiger partial charge on any atom is -0.330 e. The number of unbranched alkanes of at least 4 members (excludes halogenated alkanes) is 1. The van der Waals surface area contributed by atoms with E-state index in [-0.39, 0.29) is 23.1 Å². The molecule has 3 heteroatoms. The third-order valence-corrected chi connectivity index (χ3v) is 2.92. The smallest absolute Gasteiger partial charge is 0.234 e. The van der Waals surface area contributed by atoms with Gasteiger partial charge in [0, 0.05) is 5.54 Å². The molecule has 1 amide bonds. The van der Waals surface area contributed by atoms with E-state index in [1.165, 1.54) is 0 Å². The van der Waals surface area contributed by atoms with Gasteiger partial charge >= 0.3 is 0 Å². The summed E-state index contributed by atoms with van der Waals surface area (Å²) in [6, 6.07) is 0. The Morgan fingerprint density at radius 3 is 2.33 bits per heavy atom. The van der Waals surface area contributed by atoms with Gasteiger partial charge in [-0.3, -0.25) is 9.59 Å². The lowest BCUT2D eigenvalue weighted by Gasteiger charge is -2.31. The Hall–Kier alpha value is -0.860. The van der Waals surface area contributed by atoms with Gasteiger partial charge in [0.2, 0.25) is 5.91 Å². The zero-order valence-electron chi connectivity index (χ0n) is 10.2. The van der Waals surface area contributed by atoms with Crippen LogP contribution in [0.3, 0.4) is 0 Å². The summed E-state index contributed by atoms with van der Waals surface area (Å²) >= 11 is 0. The van der Waals surface area contributed by atoms with E-state index in [1.54, 1.807) is 4.90 Å². The van der Waals surface area contributed by atoms with Crippen LogP contribution >= 0.6 is 0 Å². The van der Waals surface area contributed by atoms with E-state index in [9.17, 15) is 9.59 Å². The highest BCUT2D eigenvalue weighted by Gasteiger charge is 2.42. The van der Waals surface area contributed by atoms with Gasteiger partial charge in [-0.05, 0) is 27.2 Å². The SMILES string of the molecule is CCCCC1C(=O)CN(C(C)(C)C)C1=O. The van der Waals surface area contributed by atoms with Gasteiger partial charge in [-0.1, -0.05) is 19.8 Å². The number of carbonyl (C=O) groups excluding carboxylic acids is 2. The highest BCUT2D eigenvalue weighted by Crippen LogP contribution is 2.26. The van der Waals surface area contributed by atoms with Gasteiger partial charge in [0.15, 0.2) is 5.78 Å². The normalized spacial score (nSPS) is 22.7. The van der Waals surface area contributed by atoms with Gasteiger partial charge in [-0.2, -0.15) is 0 Å². The lowest BCUT2D eigenvalue weighted by Crippen LogP contribution is -2.43. The minimum absolute atomic E-state index is 0.0287. The molecule has 1 unspecified atom stereocenters. The number of carbonyl (C=O) groups is 2. The third kappa shape index (κ3) is 2.58. The molecular formula is C12H21NO2. The summed E-state index contributed by atoms with van der Waals surface area (Å²) in [5, 5.41) is 0. The lowest BCUT2D eigenvalue weighted by atomic mass is 9.99. The van der Waals surface area contributed by atoms with Crippen LogP contribution in [0.1, 0.15) is 47.0 Å². The maximum absolute atomic E-state index is 12.0. The van der Waals surface area contributed by atoms with Crippen molar-refractivity contribution in [3.63, 3.8) is 0 Å². The molecule has 1 aliphatic heterocycles. The Morgan fingerprint density at radius 2 is 1.93 bits per heavy atom. The molecule has 1 fully saturated rings. The van der Waals surface area contributed by atoms with E-state index in [0.29, 0.717) is 6.54 Å². The van der Waals surface area contributed by atoms with Crippen LogP contribution in [-0.4, -0.2) is 28.7 Å². The first kappa shape index (κ1) is 12.2. The summed E-state index contributed by atoms with van der Waals surface area (Å²) in [6.07, 6.45) is 2.72. The van der Waals surface area contributed by atoms with E-state index in [2.05, 4.69) is 6.92 Å². The van der Waals surface area contributed by atoms with Crippen LogP contribution in [0.15, 0.2) is 0 Å². The van der Waals surface area contributed by atoms with Gasteiger partial charge in [0.25, 0.3) is 0 Å². The molecule has 1 rings (SSSR count). The quantitative estimate of drug-likeness (QED) is 0.670. The highest BCUT2D eigenvalue weighted by molar-refractivity contribution is 6.08. The average Bonchev–Trinajstić information content (AvgIpc) is 2.39. The highest BCUT2D eigenvalue weighted by atomic mass is 16.2. The fourth-order valence-corrected chi connectivity index (χ4v) is 1.93. The van der Waals surface area contributed by atoms with Crippen molar-refractivity contribution < 1.29 is 9.59 Å². The monoisotopic (exact) mass is 211 g/mol. The van der Waals surface area contributed by atoms with Crippen molar-refractivity contribution >= 4 is 11.7 Å². The van der Waals surface area contributed by atoms with Crippen LogP contribution in [0.25, 0.3) is 0 Å². The fraction of sp³-hybridized carbons (Fsp3) is 0.833. The van der Waals surface area contributed by atoms with Crippen molar-refractivity contribution in [3.8, 4) is 0 Å². The lowest BCUT2D eigenvalue weighted by molar-refractivity contribution is -0.135. The molecule has 1 atom stereocenters. The largest absolute Gasteiger partial charge is 0.330 e. The van der Waals surface area contributed by atoms with Crippen molar-refractivity contribution in [3.05, 3.63) is 0 Å². The molecule has 1 saturated heterocycles. The number of hydrogen-bond acceptors (Lipinski definition) is 2. The topological polar surface area (TPSA) is 37.4 Å². The molecule has 1 heterocycles. The maximum Gasteiger partial charge on any atom is 0.234 e. The zero-order chi connectivity index (χ0) is 11.6. The van der Waals surface area contributed by atoms with Crippen LogP contribution in [0.5, 0.6) is 0 Å². The van der Waals surface area contributed by atoms with E-state index < -0.39 is 0 Å². The molecule has 0 aromatic heterocycles. The molecule has 0 radical (unpaired) electrons. The molecule has 86 valence electrons. The van der Waals surface area contributed by atoms with Crippen LogP contribution in [0.4, 0.5) is 0 Å². The Bertz CT molecular complexity index is 265. The van der Waals surface area contributed by atoms with E-state index >= 15 is 0 Å². The molecule has 0 aromatic carbocycles. The number of amides is 1. The van der Waals surface area contributed by atoms with Gasteiger partial charge in [0.05, 0.1) is 12.5 Å². The van der Waals surface area contributed by atoms with Gasteiger partial charge < -0.3 is 4.90 Å². The number of hydrogen-bond donors (Lipinski definition) is 0. The van der Waals surface area contributed by atoms with Gasteiger partial charge in [0.1, 0.15) is 0 Å². The van der Waals surface area contributed by atoms with Crippen molar-refractivity contribution in [1.82, 2.24) is 4.90 Å². The second kappa shape index (κ2) is 4.33. The fourth-order valence-electron chi connectivity index (χ4n) is 1.93. The molecule has 0 N–H and O–H groups in total. The molecular weight excluding hydrogens is 190 g/mol. The van der Waals surface area contributed by atoms with Gasteiger partial charge in [-0.15, -0.1) is 0 Å². The molecule has 0 aromatic rings. The van der Waals surface area contributed by atoms with Crippen molar-refractivity contribution in [1.29, 1.82) is 0 Å². The van der Waals surface area contributed by atoms with Crippen LogP contribution in [-0.2, 0) is 9.59 Å². The summed E-state index contributed by atoms with van der Waals surface area (Å²) in [7, 11) is 0. The number of Topliss-reactive ketones (excluding diaryl/α,β-unsaturated/α-hetero) is 1. The van der Waals surface area contributed by atoms with Crippen LogP contribution in [0.2, 0.25) is 0 Å². The van der Waals surface area contributed by atoms with Gasteiger partial charge in [-0.25, -0.2) is 0 Å². The Labute approximate surface area is 91.8 Å². The van der Waals surface area contributed by atoms with Crippen LogP contribution < -0.4 is 0 Å². The molecule has 0 saturated carbocycles. The number of nitrogens with zero attached hydrogens (tertiary/aromatic N) is 1. The summed E-state index contributed by atoms with van der Waals surface area (Å²) in [5.41, 5.74) is -0.228. The average molecular weight is 211 g/mol. The molecule has 0 bridgehead atoms. The maximum atomic E-state index is 12.0. The van der Waals surface area contributed by atoms with Crippen LogP contribution in [0, 0.1) is 5.92 Å². The summed E-state index contributed by atoms with van der Waals surface area (Å²) in [5.74, 6) is -0.228. The summed E-state index contributed by atoms with van der Waals surface area (Å²) in [4.78, 5) is 25.4. The van der Waals surface area contributed by atoms with E-state index in [4.69, 9.17) is 0 Å². The molecule has 1 aliphatic rings. The second-order valence-corrected chi connectivity index (χ2v) is 5.26. The minimum atomic E-state index is -0.357.